The van der Waals surface area contributed by atoms with Gasteiger partial charge in [0.25, 0.3) is 0 Å². The summed E-state index contributed by atoms with van der Waals surface area (Å²) in [4.78, 5) is 11.3. The molecule has 0 aliphatic heterocycles. The molecule has 5 nitrogen and oxygen atoms in total. The van der Waals surface area contributed by atoms with Crippen molar-refractivity contribution in [2.24, 2.45) is 0 Å². The highest BCUT2D eigenvalue weighted by Crippen LogP contribution is 2.30. The van der Waals surface area contributed by atoms with Crippen LogP contribution < -0.4 is 4.74 Å². The Morgan fingerprint density at radius 3 is 2.67 bits per heavy atom. The Morgan fingerprint density at radius 1 is 1.44 bits per heavy atom. The highest BCUT2D eigenvalue weighted by atomic mass is 19.1. The van der Waals surface area contributed by atoms with Crippen LogP contribution in [0.2, 0.25) is 0 Å². The number of aliphatic hydroxyl groups is 2. The molecular weight excluding hydrogens is 243 g/mol. The molecule has 0 radical (unpaired) electrons. The summed E-state index contributed by atoms with van der Waals surface area (Å²) >= 11 is 0. The van der Waals surface area contributed by atoms with Crippen molar-refractivity contribution in [3.8, 4) is 5.75 Å². The maximum Gasteiger partial charge on any atom is 0.338 e. The van der Waals surface area contributed by atoms with E-state index in [1.165, 1.54) is 19.2 Å². The average Bonchev–Trinajstić information content (AvgIpc) is 2.37. The molecule has 0 saturated carbocycles. The van der Waals surface area contributed by atoms with Gasteiger partial charge in [-0.1, -0.05) is 12.1 Å². The molecule has 0 aromatic heterocycles. The topological polar surface area (TPSA) is 76.0 Å². The molecule has 0 aliphatic rings. The summed E-state index contributed by atoms with van der Waals surface area (Å²) in [6.07, 6.45) is -3.41. The van der Waals surface area contributed by atoms with Crippen LogP contribution in [0.4, 0.5) is 4.39 Å². The molecule has 0 amide bonds. The van der Waals surface area contributed by atoms with Gasteiger partial charge < -0.3 is 19.7 Å². The third-order valence-corrected chi connectivity index (χ3v) is 2.35. The number of hydrogen-bond donors (Lipinski definition) is 2. The number of hydrogen-bond acceptors (Lipinski definition) is 5. The minimum atomic E-state index is -1.79. The van der Waals surface area contributed by atoms with Crippen LogP contribution in [0.25, 0.3) is 0 Å². The van der Waals surface area contributed by atoms with E-state index < -0.39 is 24.0 Å². The molecule has 0 saturated heterocycles. The predicted molar refractivity (Wildman–Crippen MR) is 60.6 cm³/mol. The van der Waals surface area contributed by atoms with E-state index >= 15 is 0 Å². The van der Waals surface area contributed by atoms with E-state index in [9.17, 15) is 19.4 Å². The van der Waals surface area contributed by atoms with Gasteiger partial charge in [0.1, 0.15) is 6.10 Å². The standard InChI is InChI=1S/C12H15FO5/c1-3-18-12(16)10(15)9(14)7-5-4-6-8(13)11(7)17-2/h4-6,9-10,14-15H,3H2,1-2H3. The van der Waals surface area contributed by atoms with Crippen LogP contribution in [0.15, 0.2) is 18.2 Å². The lowest BCUT2D eigenvalue weighted by Gasteiger charge is -2.19. The summed E-state index contributed by atoms with van der Waals surface area (Å²) in [6, 6.07) is 3.84. The molecule has 2 atom stereocenters. The normalized spacial score (nSPS) is 13.8. The molecule has 2 unspecified atom stereocenters. The van der Waals surface area contributed by atoms with E-state index in [0.717, 1.165) is 6.07 Å². The number of benzene rings is 1. The fraction of sp³-hybridized carbons (Fsp3) is 0.417. The van der Waals surface area contributed by atoms with Crippen LogP contribution in [0.1, 0.15) is 18.6 Å². The number of carbonyl (C=O) groups is 1. The summed E-state index contributed by atoms with van der Waals surface area (Å²) in [5.41, 5.74) is -0.0157. The van der Waals surface area contributed by atoms with Gasteiger partial charge >= 0.3 is 5.97 Å². The van der Waals surface area contributed by atoms with Crippen molar-refractivity contribution >= 4 is 5.97 Å². The maximum atomic E-state index is 13.4. The van der Waals surface area contributed by atoms with E-state index in [1.807, 2.05) is 0 Å². The monoisotopic (exact) mass is 258 g/mol. The molecule has 0 heterocycles. The number of rotatable bonds is 5. The Bertz CT molecular complexity index is 421. The molecule has 2 N–H and O–H groups in total. The quantitative estimate of drug-likeness (QED) is 0.764. The van der Waals surface area contributed by atoms with E-state index in [4.69, 9.17) is 4.74 Å². The number of methoxy groups -OCH3 is 1. The first kappa shape index (κ1) is 14.4. The highest BCUT2D eigenvalue weighted by molar-refractivity contribution is 5.75. The summed E-state index contributed by atoms with van der Waals surface area (Å²) in [5, 5.41) is 19.4. The molecule has 6 heteroatoms. The average molecular weight is 258 g/mol. The SMILES string of the molecule is CCOC(=O)C(O)C(O)c1cccc(F)c1OC. The molecule has 100 valence electrons. The van der Waals surface area contributed by atoms with Gasteiger partial charge in [-0.2, -0.15) is 0 Å². The molecule has 0 bridgehead atoms. The zero-order valence-corrected chi connectivity index (χ0v) is 10.1. The largest absolute Gasteiger partial charge is 0.493 e. The second-order valence-corrected chi connectivity index (χ2v) is 3.50. The Balaban J connectivity index is 2.99. The first-order valence-corrected chi connectivity index (χ1v) is 5.38. The summed E-state index contributed by atoms with van der Waals surface area (Å²) in [6.45, 7) is 1.64. The van der Waals surface area contributed by atoms with Crippen molar-refractivity contribution in [1.82, 2.24) is 0 Å². The molecule has 1 aromatic rings. The van der Waals surface area contributed by atoms with Gasteiger partial charge in [0.05, 0.1) is 13.7 Å². The van der Waals surface area contributed by atoms with Gasteiger partial charge in [-0.3, -0.25) is 0 Å². The van der Waals surface area contributed by atoms with Crippen molar-refractivity contribution in [1.29, 1.82) is 0 Å². The molecule has 0 spiro atoms. The highest BCUT2D eigenvalue weighted by Gasteiger charge is 2.29. The van der Waals surface area contributed by atoms with Crippen LogP contribution in [-0.2, 0) is 9.53 Å². The van der Waals surface area contributed by atoms with Gasteiger partial charge in [-0.05, 0) is 13.0 Å². The van der Waals surface area contributed by atoms with Crippen LogP contribution >= 0.6 is 0 Å². The first-order chi connectivity index (χ1) is 8.52. The van der Waals surface area contributed by atoms with E-state index in [-0.39, 0.29) is 17.9 Å². The van der Waals surface area contributed by atoms with Gasteiger partial charge in [-0.15, -0.1) is 0 Å². The molecule has 0 fully saturated rings. The Hall–Kier alpha value is -1.66. The van der Waals surface area contributed by atoms with E-state index in [2.05, 4.69) is 4.74 Å². The van der Waals surface area contributed by atoms with Crippen molar-refractivity contribution in [2.75, 3.05) is 13.7 Å². The fourth-order valence-electron chi connectivity index (χ4n) is 1.50. The third-order valence-electron chi connectivity index (χ3n) is 2.35. The molecule has 1 rings (SSSR count). The Kier molecular flexibility index (Phi) is 5.06. The lowest BCUT2D eigenvalue weighted by Crippen LogP contribution is -2.30. The van der Waals surface area contributed by atoms with Gasteiger partial charge in [0.15, 0.2) is 17.7 Å². The molecule has 1 aromatic carbocycles. The summed E-state index contributed by atoms with van der Waals surface area (Å²) in [7, 11) is 1.23. The van der Waals surface area contributed by atoms with Crippen LogP contribution in [-0.4, -0.2) is 36.0 Å². The predicted octanol–water partition coefficient (Wildman–Crippen LogP) is 0.792. The molecular formula is C12H15FO5. The van der Waals surface area contributed by atoms with Crippen molar-refractivity contribution in [3.63, 3.8) is 0 Å². The Morgan fingerprint density at radius 2 is 2.11 bits per heavy atom. The number of esters is 1. The van der Waals surface area contributed by atoms with Gasteiger partial charge in [-0.25, -0.2) is 9.18 Å². The Labute approximate surface area is 104 Å². The van der Waals surface area contributed by atoms with E-state index in [1.54, 1.807) is 6.92 Å². The number of ether oxygens (including phenoxy) is 2. The second-order valence-electron chi connectivity index (χ2n) is 3.50. The third kappa shape index (κ3) is 2.96. The van der Waals surface area contributed by atoms with Crippen molar-refractivity contribution in [3.05, 3.63) is 29.6 Å². The molecule has 0 aliphatic carbocycles. The van der Waals surface area contributed by atoms with Crippen LogP contribution in [0, 0.1) is 5.82 Å². The van der Waals surface area contributed by atoms with Crippen molar-refractivity contribution < 1.29 is 28.9 Å². The number of para-hydroxylation sites is 1. The van der Waals surface area contributed by atoms with Crippen molar-refractivity contribution in [2.45, 2.75) is 19.1 Å². The maximum absolute atomic E-state index is 13.4. The fourth-order valence-corrected chi connectivity index (χ4v) is 1.50. The minimum absolute atomic E-state index is 0.0157. The summed E-state index contributed by atoms with van der Waals surface area (Å²) in [5.74, 6) is -1.88. The number of aliphatic hydroxyl groups excluding tert-OH is 2. The van der Waals surface area contributed by atoms with E-state index in [0.29, 0.717) is 0 Å². The van der Waals surface area contributed by atoms with Crippen LogP contribution in [0.5, 0.6) is 5.75 Å². The lowest BCUT2D eigenvalue weighted by atomic mass is 10.0. The van der Waals surface area contributed by atoms with Gasteiger partial charge in [0.2, 0.25) is 0 Å². The zero-order valence-electron chi connectivity index (χ0n) is 10.1. The minimum Gasteiger partial charge on any atom is -0.493 e. The number of halogens is 1. The van der Waals surface area contributed by atoms with Gasteiger partial charge in [0, 0.05) is 5.56 Å². The first-order valence-electron chi connectivity index (χ1n) is 5.38. The number of carbonyl (C=O) groups excluding carboxylic acids is 1. The molecule has 18 heavy (non-hydrogen) atoms. The zero-order chi connectivity index (χ0) is 13.7. The lowest BCUT2D eigenvalue weighted by molar-refractivity contribution is -0.159. The smallest absolute Gasteiger partial charge is 0.338 e. The van der Waals surface area contributed by atoms with Crippen LogP contribution in [0.3, 0.4) is 0 Å². The summed E-state index contributed by atoms with van der Waals surface area (Å²) < 4.78 is 22.7. The second kappa shape index (κ2) is 6.32.